The number of aromatic nitrogens is 2. The summed E-state index contributed by atoms with van der Waals surface area (Å²) in [6.45, 7) is 0. The molecular formula is C20H19F3N6O2. The minimum Gasteiger partial charge on any atom is -0.492 e. The van der Waals surface area contributed by atoms with Crippen molar-refractivity contribution in [2.24, 2.45) is 0 Å². The van der Waals surface area contributed by atoms with Crippen molar-refractivity contribution in [3.63, 3.8) is 0 Å². The summed E-state index contributed by atoms with van der Waals surface area (Å²) in [5.41, 5.74) is 6.26. The van der Waals surface area contributed by atoms with E-state index in [2.05, 4.69) is 25.9 Å². The van der Waals surface area contributed by atoms with Crippen molar-refractivity contribution in [2.45, 2.75) is 6.43 Å². The smallest absolute Gasteiger partial charge is 0.265 e. The fraction of sp³-hybridized carbons (Fsp3) is 0.150. The summed E-state index contributed by atoms with van der Waals surface area (Å²) in [5, 5.41) is 8.24. The van der Waals surface area contributed by atoms with Crippen LogP contribution in [0.2, 0.25) is 0 Å². The van der Waals surface area contributed by atoms with Crippen LogP contribution in [0, 0.1) is 5.82 Å². The number of nitrogens with two attached hydrogens (primary N) is 1. The first-order valence-electron chi connectivity index (χ1n) is 8.97. The minimum atomic E-state index is -2.64. The Morgan fingerprint density at radius 3 is 2.52 bits per heavy atom. The molecule has 0 bridgehead atoms. The maximum absolute atomic E-state index is 14.1. The summed E-state index contributed by atoms with van der Waals surface area (Å²) in [7, 11) is 2.74. The number of alkyl halides is 2. The molecule has 8 nitrogen and oxygen atoms in total. The molecule has 0 radical (unpaired) electrons. The minimum absolute atomic E-state index is 0.0281. The van der Waals surface area contributed by atoms with Crippen LogP contribution in [0.25, 0.3) is 0 Å². The number of para-hydroxylation sites is 1. The summed E-state index contributed by atoms with van der Waals surface area (Å²) in [6.07, 6.45) is -1.61. The van der Waals surface area contributed by atoms with Gasteiger partial charge in [-0.1, -0.05) is 6.07 Å². The zero-order valence-corrected chi connectivity index (χ0v) is 16.5. The number of ether oxygens (including phenoxy) is 1. The molecule has 31 heavy (non-hydrogen) atoms. The van der Waals surface area contributed by atoms with Gasteiger partial charge in [-0.15, -0.1) is 0 Å². The van der Waals surface area contributed by atoms with E-state index in [0.717, 1.165) is 6.20 Å². The topological polar surface area (TPSA) is 114 Å². The first-order chi connectivity index (χ1) is 14.8. The van der Waals surface area contributed by atoms with Crippen LogP contribution in [-0.4, -0.2) is 30.0 Å². The number of rotatable bonds is 7. The highest BCUT2D eigenvalue weighted by Crippen LogP contribution is 2.34. The van der Waals surface area contributed by atoms with Crippen LogP contribution in [-0.2, 0) is 0 Å². The van der Waals surface area contributed by atoms with Gasteiger partial charge in [0.15, 0.2) is 11.6 Å². The molecule has 0 saturated carbocycles. The molecule has 0 aliphatic carbocycles. The Morgan fingerprint density at radius 2 is 1.90 bits per heavy atom. The first kappa shape index (κ1) is 21.7. The average Bonchev–Trinajstić information content (AvgIpc) is 2.73. The second kappa shape index (κ2) is 9.20. The lowest BCUT2D eigenvalue weighted by Gasteiger charge is -2.17. The standard InChI is InChI=1S/C20H19F3N6O2/c1-25-20(30)16-13(27-12-5-3-4-11(21)17(12)31-2)8-15(29-19(16)24)28-14-7-6-10(9-26-14)18(22)23/h3-9,18H,1-2H3,(H,25,30)(H4,24,26,27,28,29). The zero-order valence-electron chi connectivity index (χ0n) is 16.5. The lowest BCUT2D eigenvalue weighted by atomic mass is 10.1. The Morgan fingerprint density at radius 1 is 1.13 bits per heavy atom. The summed E-state index contributed by atoms with van der Waals surface area (Å²) in [4.78, 5) is 20.4. The Labute approximate surface area is 175 Å². The maximum atomic E-state index is 14.1. The van der Waals surface area contributed by atoms with E-state index < -0.39 is 18.1 Å². The monoisotopic (exact) mass is 432 g/mol. The second-order valence-electron chi connectivity index (χ2n) is 6.24. The van der Waals surface area contributed by atoms with Crippen molar-refractivity contribution >= 4 is 34.7 Å². The number of hydrogen-bond acceptors (Lipinski definition) is 7. The van der Waals surface area contributed by atoms with Gasteiger partial charge >= 0.3 is 0 Å². The quantitative estimate of drug-likeness (QED) is 0.446. The van der Waals surface area contributed by atoms with Crippen LogP contribution in [0.1, 0.15) is 22.3 Å². The van der Waals surface area contributed by atoms with E-state index in [1.54, 1.807) is 6.07 Å². The number of methoxy groups -OCH3 is 1. The van der Waals surface area contributed by atoms with Gasteiger partial charge in [0, 0.05) is 24.9 Å². The lowest BCUT2D eigenvalue weighted by molar-refractivity contribution is 0.0964. The summed E-state index contributed by atoms with van der Waals surface area (Å²) in [6, 6.07) is 8.29. The summed E-state index contributed by atoms with van der Waals surface area (Å²) in [5.74, 6) is -0.879. The molecule has 1 amide bonds. The number of halogens is 3. The molecule has 11 heteroatoms. The molecule has 3 aromatic rings. The SMILES string of the molecule is CNC(=O)c1c(Nc2cccc(F)c2OC)cc(Nc2ccc(C(F)F)cn2)nc1N. The molecule has 2 heterocycles. The van der Waals surface area contributed by atoms with Gasteiger partial charge in [-0.05, 0) is 24.3 Å². The van der Waals surface area contributed by atoms with Gasteiger partial charge in [0.05, 0.1) is 18.5 Å². The molecule has 0 aliphatic rings. The van der Waals surface area contributed by atoms with Gasteiger partial charge in [0.2, 0.25) is 0 Å². The van der Waals surface area contributed by atoms with Crippen LogP contribution in [0.4, 0.5) is 42.0 Å². The third-order valence-electron chi connectivity index (χ3n) is 4.24. The van der Waals surface area contributed by atoms with Crippen molar-refractivity contribution in [3.05, 3.63) is 59.5 Å². The Bertz CT molecular complexity index is 1090. The molecule has 0 spiro atoms. The average molecular weight is 432 g/mol. The number of benzene rings is 1. The lowest BCUT2D eigenvalue weighted by Crippen LogP contribution is -2.22. The Kier molecular flexibility index (Phi) is 6.43. The number of nitrogens with zero attached hydrogens (tertiary/aromatic N) is 2. The van der Waals surface area contributed by atoms with E-state index >= 15 is 0 Å². The molecule has 162 valence electrons. The molecule has 5 N–H and O–H groups in total. The van der Waals surface area contributed by atoms with Crippen molar-refractivity contribution in [2.75, 3.05) is 30.5 Å². The number of pyridine rings is 2. The predicted molar refractivity (Wildman–Crippen MR) is 111 cm³/mol. The highest BCUT2D eigenvalue weighted by molar-refractivity contribution is 6.05. The molecule has 3 rings (SSSR count). The molecule has 0 saturated heterocycles. The summed E-state index contributed by atoms with van der Waals surface area (Å²) >= 11 is 0. The van der Waals surface area contributed by atoms with E-state index in [0.29, 0.717) is 0 Å². The zero-order chi connectivity index (χ0) is 22.5. The van der Waals surface area contributed by atoms with Crippen molar-refractivity contribution < 1.29 is 22.7 Å². The van der Waals surface area contributed by atoms with Crippen molar-refractivity contribution in [3.8, 4) is 5.75 Å². The molecule has 2 aromatic heterocycles. The van der Waals surface area contributed by atoms with Crippen LogP contribution < -0.4 is 26.4 Å². The van der Waals surface area contributed by atoms with E-state index in [-0.39, 0.29) is 45.7 Å². The number of anilines is 5. The van der Waals surface area contributed by atoms with Gasteiger partial charge < -0.3 is 26.4 Å². The van der Waals surface area contributed by atoms with Crippen LogP contribution in [0.3, 0.4) is 0 Å². The Hall–Kier alpha value is -4.02. The normalized spacial score (nSPS) is 10.6. The highest BCUT2D eigenvalue weighted by Gasteiger charge is 2.19. The van der Waals surface area contributed by atoms with E-state index in [1.807, 2.05) is 0 Å². The van der Waals surface area contributed by atoms with Crippen LogP contribution in [0.5, 0.6) is 5.75 Å². The number of carbonyl (C=O) groups excluding carboxylic acids is 1. The third kappa shape index (κ3) is 4.77. The molecule has 1 aromatic carbocycles. The van der Waals surface area contributed by atoms with E-state index in [9.17, 15) is 18.0 Å². The second-order valence-corrected chi connectivity index (χ2v) is 6.24. The number of hydrogen-bond donors (Lipinski definition) is 4. The molecule has 0 aliphatic heterocycles. The van der Waals surface area contributed by atoms with Gasteiger partial charge in [-0.25, -0.2) is 23.1 Å². The first-order valence-corrected chi connectivity index (χ1v) is 8.97. The number of amides is 1. The predicted octanol–water partition coefficient (Wildman–Crippen LogP) is 3.99. The van der Waals surface area contributed by atoms with Crippen molar-refractivity contribution in [1.29, 1.82) is 0 Å². The number of nitrogens with one attached hydrogen (secondary N) is 3. The molecule has 0 fully saturated rings. The largest absolute Gasteiger partial charge is 0.492 e. The molecule has 0 unspecified atom stereocenters. The molecular weight excluding hydrogens is 413 g/mol. The van der Waals surface area contributed by atoms with Gasteiger partial charge in [0.1, 0.15) is 23.0 Å². The Balaban J connectivity index is 2.01. The number of carbonyl (C=O) groups is 1. The van der Waals surface area contributed by atoms with Crippen LogP contribution >= 0.6 is 0 Å². The van der Waals surface area contributed by atoms with Gasteiger partial charge in [-0.3, -0.25) is 4.79 Å². The van der Waals surface area contributed by atoms with E-state index in [1.165, 1.54) is 44.5 Å². The fourth-order valence-corrected chi connectivity index (χ4v) is 2.79. The summed E-state index contributed by atoms with van der Waals surface area (Å²) < 4.78 is 44.6. The maximum Gasteiger partial charge on any atom is 0.265 e. The highest BCUT2D eigenvalue weighted by atomic mass is 19.3. The molecule has 0 atom stereocenters. The van der Waals surface area contributed by atoms with Gasteiger partial charge in [0.25, 0.3) is 12.3 Å². The van der Waals surface area contributed by atoms with Gasteiger partial charge in [-0.2, -0.15) is 0 Å². The van der Waals surface area contributed by atoms with Crippen molar-refractivity contribution in [1.82, 2.24) is 15.3 Å². The van der Waals surface area contributed by atoms with Crippen LogP contribution in [0.15, 0.2) is 42.6 Å². The number of nitrogen functional groups attached to an aromatic ring is 1. The fourth-order valence-electron chi connectivity index (χ4n) is 2.79. The third-order valence-corrected chi connectivity index (χ3v) is 4.24. The van der Waals surface area contributed by atoms with E-state index in [4.69, 9.17) is 10.5 Å².